The average Bonchev–Trinajstić information content (AvgIpc) is 2.88. The number of rotatable bonds is 8. The van der Waals surface area contributed by atoms with Crippen molar-refractivity contribution in [1.29, 1.82) is 0 Å². The summed E-state index contributed by atoms with van der Waals surface area (Å²) in [6.45, 7) is 5.59. The number of carbonyl (C=O) groups is 2. The summed E-state index contributed by atoms with van der Waals surface area (Å²) in [4.78, 5) is 31.0. The lowest BCUT2D eigenvalue weighted by Crippen LogP contribution is -2.43. The zero-order valence-electron chi connectivity index (χ0n) is 21.9. The minimum absolute atomic E-state index is 0.0378. The molecule has 1 amide bonds. The van der Waals surface area contributed by atoms with E-state index >= 15 is 4.39 Å². The molecule has 0 bridgehead atoms. The van der Waals surface area contributed by atoms with Gasteiger partial charge in [-0.1, -0.05) is 38.8 Å². The maximum absolute atomic E-state index is 15.4. The van der Waals surface area contributed by atoms with Crippen LogP contribution in [-0.4, -0.2) is 35.3 Å². The molecule has 39 heavy (non-hydrogen) atoms. The molecule has 1 fully saturated rings. The first kappa shape index (κ1) is 31.3. The van der Waals surface area contributed by atoms with Crippen LogP contribution in [0.5, 0.6) is 11.6 Å². The summed E-state index contributed by atoms with van der Waals surface area (Å²) in [5, 5.41) is 0.329. The normalized spacial score (nSPS) is 18.5. The summed E-state index contributed by atoms with van der Waals surface area (Å²) in [7, 11) is 1.11. The second kappa shape index (κ2) is 13.0. The van der Waals surface area contributed by atoms with E-state index in [2.05, 4.69) is 43.8 Å². The van der Waals surface area contributed by atoms with Gasteiger partial charge in [0.05, 0.1) is 23.2 Å². The quantitative estimate of drug-likeness (QED) is 0.160. The van der Waals surface area contributed by atoms with Crippen molar-refractivity contribution in [2.75, 3.05) is 17.3 Å². The Hall–Kier alpha value is -2.21. The predicted octanol–water partition coefficient (Wildman–Crippen LogP) is 8.22. The summed E-state index contributed by atoms with van der Waals surface area (Å²) in [5.41, 5.74) is -1.23. The Morgan fingerprint density at radius 3 is 2.33 bits per heavy atom. The van der Waals surface area contributed by atoms with Crippen LogP contribution in [0.25, 0.3) is 0 Å². The number of methoxy groups -OCH3 is 1. The van der Waals surface area contributed by atoms with Crippen molar-refractivity contribution in [2.24, 2.45) is 11.8 Å². The van der Waals surface area contributed by atoms with E-state index in [9.17, 15) is 22.8 Å². The monoisotopic (exact) mass is 680 g/mol. The maximum atomic E-state index is 15.4. The number of aromatic nitrogens is 1. The van der Waals surface area contributed by atoms with E-state index in [0.29, 0.717) is 24.1 Å². The fourth-order valence-corrected chi connectivity index (χ4v) is 5.19. The second-order valence-electron chi connectivity index (χ2n) is 9.89. The van der Waals surface area contributed by atoms with Crippen molar-refractivity contribution in [3.05, 3.63) is 46.9 Å². The Labute approximate surface area is 241 Å². The average molecular weight is 682 g/mol. The summed E-state index contributed by atoms with van der Waals surface area (Å²) in [6, 6.07) is 2.29. The van der Waals surface area contributed by atoms with Crippen LogP contribution in [0.4, 0.5) is 23.2 Å². The van der Waals surface area contributed by atoms with Crippen LogP contribution in [-0.2, 0) is 15.7 Å². The van der Waals surface area contributed by atoms with E-state index < -0.39 is 46.0 Å². The van der Waals surface area contributed by atoms with Gasteiger partial charge in [0.25, 0.3) is 0 Å². The number of anilines is 1. The van der Waals surface area contributed by atoms with Gasteiger partial charge in [-0.3, -0.25) is 4.79 Å². The highest BCUT2D eigenvalue weighted by atomic mass is 79.9. The number of pyridine rings is 1. The number of carbonyl (C=O) groups excluding carboxylic acids is 2. The Bertz CT molecular complexity index is 1200. The number of esters is 1. The molecule has 1 heterocycles. The number of ether oxygens (including phenoxy) is 2. The molecule has 1 saturated carbocycles. The first-order valence-corrected chi connectivity index (χ1v) is 14.5. The number of alkyl halides is 5. The van der Waals surface area contributed by atoms with Crippen LogP contribution in [0.15, 0.2) is 24.4 Å². The second-order valence-corrected chi connectivity index (χ2v) is 11.6. The lowest BCUT2D eigenvalue weighted by Gasteiger charge is -2.34. The Kier molecular flexibility index (Phi) is 10.4. The molecular weight excluding hydrogens is 652 g/mol. The van der Waals surface area contributed by atoms with Gasteiger partial charge in [-0.15, -0.1) is 0 Å². The lowest BCUT2D eigenvalue weighted by molar-refractivity contribution is -0.139. The van der Waals surface area contributed by atoms with Crippen LogP contribution < -0.4 is 9.64 Å². The molecule has 0 radical (unpaired) electrons. The van der Waals surface area contributed by atoms with E-state index in [1.165, 1.54) is 11.1 Å². The third-order valence-electron chi connectivity index (χ3n) is 6.72. The highest BCUT2D eigenvalue weighted by Gasteiger charge is 2.37. The highest BCUT2D eigenvalue weighted by molar-refractivity contribution is 9.12. The van der Waals surface area contributed by atoms with Gasteiger partial charge in [0.2, 0.25) is 11.8 Å². The topological polar surface area (TPSA) is 68.7 Å². The van der Waals surface area contributed by atoms with Crippen molar-refractivity contribution < 1.29 is 36.6 Å². The Balaban J connectivity index is 2.08. The molecule has 1 aliphatic rings. The lowest BCUT2D eigenvalue weighted by atomic mass is 9.82. The Morgan fingerprint density at radius 1 is 1.15 bits per heavy atom. The molecule has 0 saturated heterocycles. The molecular formula is C27H30Br2F4N2O4. The van der Waals surface area contributed by atoms with Gasteiger partial charge >= 0.3 is 12.1 Å². The van der Waals surface area contributed by atoms with Gasteiger partial charge in [-0.05, 0) is 57.1 Å². The van der Waals surface area contributed by atoms with E-state index in [1.54, 1.807) is 13.8 Å². The summed E-state index contributed by atoms with van der Waals surface area (Å²) in [5.74, 6) is -3.54. The van der Waals surface area contributed by atoms with Crippen molar-refractivity contribution >= 4 is 49.4 Å². The van der Waals surface area contributed by atoms with Crippen molar-refractivity contribution in [3.63, 3.8) is 0 Å². The molecule has 0 spiro atoms. The summed E-state index contributed by atoms with van der Waals surface area (Å²) in [6.07, 6.45) is -0.558. The van der Waals surface area contributed by atoms with Gasteiger partial charge in [0, 0.05) is 35.6 Å². The van der Waals surface area contributed by atoms with Crippen molar-refractivity contribution in [3.8, 4) is 11.6 Å². The molecule has 0 N–H and O–H groups in total. The zero-order valence-corrected chi connectivity index (χ0v) is 25.1. The molecule has 1 unspecified atom stereocenters. The van der Waals surface area contributed by atoms with E-state index in [1.807, 2.05) is 0 Å². The maximum Gasteiger partial charge on any atom is 0.421 e. The Morgan fingerprint density at radius 2 is 1.79 bits per heavy atom. The van der Waals surface area contributed by atoms with Gasteiger partial charge in [0.15, 0.2) is 11.6 Å². The molecule has 2 aromatic rings. The molecule has 0 aliphatic heterocycles. The molecule has 1 aliphatic carbocycles. The van der Waals surface area contributed by atoms with Gasteiger partial charge < -0.3 is 14.4 Å². The standard InChI is InChI=1S/C27H30Br2F4N2O4/c1-14(2)35(25(36)16-7-5-15(3)6-8-16)22-11-21(30)23(10-18(22)26(37)38-4)39-24-19(27(31,32)33)9-17(13-34-24)20(29)12-28/h9-11,13-16,20H,5-8,12H2,1-4H3. The van der Waals surface area contributed by atoms with Crippen molar-refractivity contribution in [1.82, 2.24) is 4.98 Å². The molecule has 1 atom stereocenters. The van der Waals surface area contributed by atoms with E-state index in [4.69, 9.17) is 9.47 Å². The minimum Gasteiger partial charge on any atom is -0.465 e. The third-order valence-corrected chi connectivity index (χ3v) is 9.08. The number of hydrogen-bond donors (Lipinski definition) is 0. The fourth-order valence-electron chi connectivity index (χ4n) is 4.57. The zero-order chi connectivity index (χ0) is 29.1. The van der Waals surface area contributed by atoms with E-state index in [-0.39, 0.29) is 28.6 Å². The van der Waals surface area contributed by atoms with Crippen LogP contribution >= 0.6 is 31.9 Å². The predicted molar refractivity (Wildman–Crippen MR) is 146 cm³/mol. The SMILES string of the molecule is COC(=O)c1cc(Oc2ncc(C(Br)CBr)cc2C(F)(F)F)c(F)cc1N(C(=O)C1CCC(C)CC1)C(C)C. The molecule has 1 aromatic heterocycles. The van der Waals surface area contributed by atoms with Gasteiger partial charge in [-0.2, -0.15) is 13.2 Å². The van der Waals surface area contributed by atoms with Gasteiger partial charge in [-0.25, -0.2) is 14.2 Å². The van der Waals surface area contributed by atoms with Crippen LogP contribution in [0, 0.1) is 17.7 Å². The van der Waals surface area contributed by atoms with Crippen molar-refractivity contribution in [2.45, 2.75) is 63.5 Å². The van der Waals surface area contributed by atoms with Crippen LogP contribution in [0.1, 0.15) is 72.8 Å². The summed E-state index contributed by atoms with van der Waals surface area (Å²) < 4.78 is 67.1. The smallest absolute Gasteiger partial charge is 0.421 e. The molecule has 1 aromatic carbocycles. The van der Waals surface area contributed by atoms with Gasteiger partial charge in [0.1, 0.15) is 5.56 Å². The number of amides is 1. The highest BCUT2D eigenvalue weighted by Crippen LogP contribution is 2.41. The van der Waals surface area contributed by atoms with Crippen LogP contribution in [0.2, 0.25) is 0 Å². The number of hydrogen-bond acceptors (Lipinski definition) is 5. The largest absolute Gasteiger partial charge is 0.465 e. The molecule has 3 rings (SSSR count). The first-order valence-electron chi connectivity index (χ1n) is 12.5. The van der Waals surface area contributed by atoms with E-state index in [0.717, 1.165) is 38.2 Å². The number of nitrogens with zero attached hydrogens (tertiary/aromatic N) is 2. The molecule has 6 nitrogen and oxygen atoms in total. The van der Waals surface area contributed by atoms with Crippen LogP contribution in [0.3, 0.4) is 0 Å². The third kappa shape index (κ3) is 7.31. The number of benzene rings is 1. The number of halogens is 6. The minimum atomic E-state index is -4.85. The molecule has 214 valence electrons. The fraction of sp³-hybridized carbons (Fsp3) is 0.519. The molecule has 12 heteroatoms. The first-order chi connectivity index (χ1) is 18.3. The summed E-state index contributed by atoms with van der Waals surface area (Å²) >= 11 is 6.45.